The van der Waals surface area contributed by atoms with Gasteiger partial charge in [0.25, 0.3) is 0 Å². The fourth-order valence-electron chi connectivity index (χ4n) is 3.00. The number of imidazole rings is 1. The summed E-state index contributed by atoms with van der Waals surface area (Å²) in [5, 5.41) is 9.17. The minimum atomic E-state index is -1.09. The summed E-state index contributed by atoms with van der Waals surface area (Å²) in [5.74, 6) is 0.586. The molecule has 1 aliphatic rings. The quantitative estimate of drug-likeness (QED) is 0.908. The number of amides is 1. The lowest BCUT2D eigenvalue weighted by Gasteiger charge is -2.32. The van der Waals surface area contributed by atoms with Crippen LogP contribution in [0.2, 0.25) is 0 Å². The van der Waals surface area contributed by atoms with Gasteiger partial charge in [0.2, 0.25) is 5.95 Å². The Morgan fingerprint density at radius 3 is 2.78 bits per heavy atom. The van der Waals surface area contributed by atoms with Crippen molar-refractivity contribution in [2.45, 2.75) is 26.7 Å². The molecule has 3 rings (SSSR count). The number of fused-ring (bicyclic) bond motifs is 1. The van der Waals surface area contributed by atoms with Gasteiger partial charge in [-0.25, -0.2) is 19.1 Å². The van der Waals surface area contributed by atoms with Gasteiger partial charge in [-0.15, -0.1) is 0 Å². The number of aromatic amines is 1. The van der Waals surface area contributed by atoms with E-state index in [2.05, 4.69) is 16.9 Å². The van der Waals surface area contributed by atoms with Gasteiger partial charge in [-0.2, -0.15) is 0 Å². The Labute approximate surface area is 133 Å². The number of hydrogen-bond donors (Lipinski definition) is 2. The maximum Gasteiger partial charge on any atom is 0.414 e. The van der Waals surface area contributed by atoms with Crippen molar-refractivity contribution in [3.05, 3.63) is 17.9 Å². The first kappa shape index (κ1) is 15.6. The van der Waals surface area contributed by atoms with Crippen molar-refractivity contribution in [2.24, 2.45) is 5.92 Å². The van der Waals surface area contributed by atoms with Gasteiger partial charge in [-0.05, 0) is 31.7 Å². The topological polar surface area (TPSA) is 72.5 Å². The SMILES string of the molecule is CCN(C(=O)O)c1nc2cc(N3CCC(C)CC3)c(F)cc2[nH]1. The number of anilines is 2. The van der Waals surface area contributed by atoms with E-state index in [4.69, 9.17) is 0 Å². The molecule has 1 fully saturated rings. The fraction of sp³-hybridized carbons (Fsp3) is 0.500. The van der Waals surface area contributed by atoms with Crippen molar-refractivity contribution in [1.82, 2.24) is 9.97 Å². The Balaban J connectivity index is 1.96. The molecular weight excluding hydrogens is 299 g/mol. The van der Waals surface area contributed by atoms with E-state index in [1.165, 1.54) is 6.07 Å². The normalized spacial score (nSPS) is 16.0. The van der Waals surface area contributed by atoms with E-state index in [1.54, 1.807) is 13.0 Å². The third-order valence-electron chi connectivity index (χ3n) is 4.47. The van der Waals surface area contributed by atoms with Gasteiger partial charge >= 0.3 is 6.09 Å². The lowest BCUT2D eigenvalue weighted by Crippen LogP contribution is -2.33. The summed E-state index contributed by atoms with van der Waals surface area (Å²) in [5.41, 5.74) is 1.63. The Morgan fingerprint density at radius 1 is 1.48 bits per heavy atom. The summed E-state index contributed by atoms with van der Waals surface area (Å²) in [6, 6.07) is 3.10. The molecule has 1 aromatic carbocycles. The Bertz CT molecular complexity index is 722. The van der Waals surface area contributed by atoms with Crippen molar-refractivity contribution in [1.29, 1.82) is 0 Å². The molecule has 2 N–H and O–H groups in total. The zero-order chi connectivity index (χ0) is 16.6. The number of benzene rings is 1. The Hall–Kier alpha value is -2.31. The van der Waals surface area contributed by atoms with Crippen LogP contribution in [0.25, 0.3) is 11.0 Å². The number of nitrogens with one attached hydrogen (secondary N) is 1. The van der Waals surface area contributed by atoms with E-state index in [-0.39, 0.29) is 18.3 Å². The van der Waals surface area contributed by atoms with Crippen molar-refractivity contribution >= 4 is 28.8 Å². The monoisotopic (exact) mass is 320 g/mol. The number of carboxylic acid groups (broad SMARTS) is 1. The maximum absolute atomic E-state index is 14.4. The van der Waals surface area contributed by atoms with E-state index in [1.807, 2.05) is 4.90 Å². The zero-order valence-corrected chi connectivity index (χ0v) is 13.3. The molecule has 2 aromatic rings. The number of rotatable bonds is 3. The minimum absolute atomic E-state index is 0.221. The highest BCUT2D eigenvalue weighted by Crippen LogP contribution is 2.29. The van der Waals surface area contributed by atoms with Crippen LogP contribution < -0.4 is 9.80 Å². The number of carbonyl (C=O) groups is 1. The largest absolute Gasteiger partial charge is 0.465 e. The highest BCUT2D eigenvalue weighted by Gasteiger charge is 2.21. The summed E-state index contributed by atoms with van der Waals surface area (Å²) in [6.07, 6.45) is 1.01. The van der Waals surface area contributed by atoms with Crippen LogP contribution in [0, 0.1) is 11.7 Å². The smallest absolute Gasteiger partial charge is 0.414 e. The zero-order valence-electron chi connectivity index (χ0n) is 13.3. The predicted molar refractivity (Wildman–Crippen MR) is 87.7 cm³/mol. The van der Waals surface area contributed by atoms with Crippen molar-refractivity contribution in [3.63, 3.8) is 0 Å². The highest BCUT2D eigenvalue weighted by molar-refractivity contribution is 5.88. The van der Waals surface area contributed by atoms with Crippen LogP contribution in [-0.2, 0) is 0 Å². The number of aromatic nitrogens is 2. The van der Waals surface area contributed by atoms with Gasteiger partial charge in [0.05, 0.1) is 16.7 Å². The summed E-state index contributed by atoms with van der Waals surface area (Å²) < 4.78 is 14.4. The molecule has 0 bridgehead atoms. The number of piperidine rings is 1. The molecule has 6 nitrogen and oxygen atoms in total. The van der Waals surface area contributed by atoms with E-state index in [0.717, 1.165) is 30.8 Å². The van der Waals surface area contributed by atoms with Crippen LogP contribution in [0.3, 0.4) is 0 Å². The van der Waals surface area contributed by atoms with Crippen LogP contribution in [0.4, 0.5) is 20.8 Å². The van der Waals surface area contributed by atoms with Crippen LogP contribution in [-0.4, -0.2) is 40.8 Å². The molecule has 0 spiro atoms. The standard InChI is InChI=1S/C16H21FN4O2/c1-3-21(16(22)23)15-18-12-8-11(17)14(9-13(12)19-15)20-6-4-10(2)5-7-20/h8-10H,3-7H2,1-2H3,(H,18,19)(H,22,23). The maximum atomic E-state index is 14.4. The predicted octanol–water partition coefficient (Wildman–Crippen LogP) is 3.44. The average molecular weight is 320 g/mol. The van der Waals surface area contributed by atoms with Crippen LogP contribution in [0.5, 0.6) is 0 Å². The lowest BCUT2D eigenvalue weighted by molar-refractivity contribution is 0.202. The van der Waals surface area contributed by atoms with Crippen LogP contribution >= 0.6 is 0 Å². The molecule has 0 aliphatic carbocycles. The molecule has 1 aromatic heterocycles. The molecular formula is C16H21FN4O2. The van der Waals surface area contributed by atoms with E-state index >= 15 is 0 Å². The summed E-state index contributed by atoms with van der Waals surface area (Å²) in [6.45, 7) is 5.87. The van der Waals surface area contributed by atoms with E-state index in [0.29, 0.717) is 22.6 Å². The molecule has 2 heterocycles. The van der Waals surface area contributed by atoms with Crippen molar-refractivity contribution in [2.75, 3.05) is 29.4 Å². The highest BCUT2D eigenvalue weighted by atomic mass is 19.1. The minimum Gasteiger partial charge on any atom is -0.465 e. The summed E-state index contributed by atoms with van der Waals surface area (Å²) in [4.78, 5) is 21.5. The summed E-state index contributed by atoms with van der Waals surface area (Å²) in [7, 11) is 0. The van der Waals surface area contributed by atoms with E-state index < -0.39 is 6.09 Å². The molecule has 1 aliphatic heterocycles. The molecule has 124 valence electrons. The van der Waals surface area contributed by atoms with Crippen molar-refractivity contribution < 1.29 is 14.3 Å². The first-order chi connectivity index (χ1) is 11.0. The Morgan fingerprint density at radius 2 is 2.17 bits per heavy atom. The molecule has 23 heavy (non-hydrogen) atoms. The molecule has 0 saturated carbocycles. The Kier molecular flexibility index (Phi) is 4.11. The molecule has 0 atom stereocenters. The van der Waals surface area contributed by atoms with Gasteiger partial charge in [0, 0.05) is 25.7 Å². The fourth-order valence-corrected chi connectivity index (χ4v) is 3.00. The molecule has 0 radical (unpaired) electrons. The van der Waals surface area contributed by atoms with Gasteiger partial charge in [0.15, 0.2) is 0 Å². The van der Waals surface area contributed by atoms with Gasteiger partial charge in [0.1, 0.15) is 5.82 Å². The van der Waals surface area contributed by atoms with Gasteiger partial charge < -0.3 is 15.0 Å². The van der Waals surface area contributed by atoms with Gasteiger partial charge in [-0.1, -0.05) is 6.92 Å². The molecule has 1 amide bonds. The second-order valence-electron chi connectivity index (χ2n) is 6.08. The number of nitrogens with zero attached hydrogens (tertiary/aromatic N) is 3. The second-order valence-corrected chi connectivity index (χ2v) is 6.08. The van der Waals surface area contributed by atoms with Crippen LogP contribution in [0.15, 0.2) is 12.1 Å². The molecule has 1 saturated heterocycles. The first-order valence-electron chi connectivity index (χ1n) is 7.94. The van der Waals surface area contributed by atoms with E-state index in [9.17, 15) is 14.3 Å². The second kappa shape index (κ2) is 6.06. The summed E-state index contributed by atoms with van der Waals surface area (Å²) >= 11 is 0. The lowest BCUT2D eigenvalue weighted by atomic mass is 9.99. The average Bonchev–Trinajstić information content (AvgIpc) is 2.90. The first-order valence-corrected chi connectivity index (χ1v) is 7.94. The third kappa shape index (κ3) is 2.95. The van der Waals surface area contributed by atoms with Crippen molar-refractivity contribution in [3.8, 4) is 0 Å². The molecule has 0 unspecified atom stereocenters. The van der Waals surface area contributed by atoms with Crippen LogP contribution in [0.1, 0.15) is 26.7 Å². The number of hydrogen-bond acceptors (Lipinski definition) is 3. The van der Waals surface area contributed by atoms with Gasteiger partial charge in [-0.3, -0.25) is 0 Å². The third-order valence-corrected chi connectivity index (χ3v) is 4.47. The number of H-pyrrole nitrogens is 1. The molecule has 7 heteroatoms. The number of halogens is 1.